The molecule has 1 aliphatic carbocycles. The van der Waals surface area contributed by atoms with Crippen LogP contribution in [0, 0.1) is 0 Å². The number of hydrogen-bond acceptors (Lipinski definition) is 3. The maximum atomic E-state index is 12.5. The molecular formula is C15H19N3O2. The maximum Gasteiger partial charge on any atom is 0.353 e. The lowest BCUT2D eigenvalue weighted by Crippen LogP contribution is -2.41. The van der Waals surface area contributed by atoms with E-state index in [1.807, 2.05) is 0 Å². The van der Waals surface area contributed by atoms with Crippen LogP contribution in [0.5, 0.6) is 0 Å². The summed E-state index contributed by atoms with van der Waals surface area (Å²) in [6.45, 7) is 0. The molecule has 20 heavy (non-hydrogen) atoms. The van der Waals surface area contributed by atoms with Crippen molar-refractivity contribution in [3.63, 3.8) is 0 Å². The Bertz CT molecular complexity index is 709. The quantitative estimate of drug-likeness (QED) is 0.800. The van der Waals surface area contributed by atoms with Gasteiger partial charge in [0.25, 0.3) is 0 Å². The van der Waals surface area contributed by atoms with Gasteiger partial charge in [0.05, 0.1) is 0 Å². The van der Waals surface area contributed by atoms with Crippen molar-refractivity contribution in [2.24, 2.45) is 0 Å². The first kappa shape index (κ1) is 13.1. The van der Waals surface area contributed by atoms with E-state index in [4.69, 9.17) is 0 Å². The Labute approximate surface area is 116 Å². The van der Waals surface area contributed by atoms with Gasteiger partial charge >= 0.3 is 11.4 Å². The molecular weight excluding hydrogens is 254 g/mol. The molecule has 0 radical (unpaired) electrons. The summed E-state index contributed by atoms with van der Waals surface area (Å²) in [5.41, 5.74) is -0.248. The molecule has 0 amide bonds. The smallest absolute Gasteiger partial charge is 0.253 e. The summed E-state index contributed by atoms with van der Waals surface area (Å²) >= 11 is 0. The molecule has 2 aromatic heterocycles. The van der Waals surface area contributed by atoms with Crippen LogP contribution >= 0.6 is 0 Å². The second kappa shape index (κ2) is 5.61. The van der Waals surface area contributed by atoms with Gasteiger partial charge in [0.1, 0.15) is 5.65 Å². The molecule has 0 unspecified atom stereocenters. The summed E-state index contributed by atoms with van der Waals surface area (Å²) < 4.78 is 2.82. The first-order valence-corrected chi connectivity index (χ1v) is 7.37. The molecule has 5 nitrogen and oxygen atoms in total. The van der Waals surface area contributed by atoms with E-state index in [2.05, 4.69) is 4.98 Å². The lowest BCUT2D eigenvalue weighted by molar-refractivity contribution is 0.349. The van der Waals surface area contributed by atoms with Crippen LogP contribution in [-0.2, 0) is 0 Å². The highest BCUT2D eigenvalue weighted by Gasteiger charge is 2.18. The summed E-state index contributed by atoms with van der Waals surface area (Å²) in [6.07, 6.45) is 9.26. The molecule has 0 aromatic carbocycles. The Kier molecular flexibility index (Phi) is 3.67. The fourth-order valence-corrected chi connectivity index (χ4v) is 3.04. The monoisotopic (exact) mass is 273 g/mol. The molecule has 2 heterocycles. The number of rotatable bonds is 1. The predicted octanol–water partition coefficient (Wildman–Crippen LogP) is 2.14. The fourth-order valence-electron chi connectivity index (χ4n) is 3.04. The molecule has 0 aliphatic heterocycles. The average molecular weight is 273 g/mol. The summed E-state index contributed by atoms with van der Waals surface area (Å²) in [5, 5.41) is 0. The second-order valence-corrected chi connectivity index (χ2v) is 5.47. The summed E-state index contributed by atoms with van der Waals surface area (Å²) in [6, 6.07) is 5.25. The van der Waals surface area contributed by atoms with Gasteiger partial charge < -0.3 is 0 Å². The van der Waals surface area contributed by atoms with Gasteiger partial charge in [-0.15, -0.1) is 0 Å². The van der Waals surface area contributed by atoms with Crippen LogP contribution in [0.3, 0.4) is 0 Å². The lowest BCUT2D eigenvalue weighted by atomic mass is 9.97. The molecule has 0 bridgehead atoms. The zero-order valence-corrected chi connectivity index (χ0v) is 11.5. The molecule has 0 spiro atoms. The minimum Gasteiger partial charge on any atom is -0.253 e. The van der Waals surface area contributed by atoms with E-state index < -0.39 is 5.69 Å². The van der Waals surface area contributed by atoms with Gasteiger partial charge in [0, 0.05) is 12.2 Å². The second-order valence-electron chi connectivity index (χ2n) is 5.47. The fraction of sp³-hybridized carbons (Fsp3) is 0.533. The molecule has 1 aliphatic rings. The van der Waals surface area contributed by atoms with Crippen molar-refractivity contribution in [1.29, 1.82) is 0 Å². The van der Waals surface area contributed by atoms with Crippen LogP contribution in [-0.4, -0.2) is 14.0 Å². The Morgan fingerprint density at radius 1 is 1.00 bits per heavy atom. The van der Waals surface area contributed by atoms with E-state index >= 15 is 0 Å². The Hall–Kier alpha value is -1.91. The van der Waals surface area contributed by atoms with E-state index in [1.165, 1.54) is 28.2 Å². The van der Waals surface area contributed by atoms with E-state index in [-0.39, 0.29) is 11.7 Å². The third-order valence-corrected chi connectivity index (χ3v) is 4.11. The molecule has 0 saturated heterocycles. The molecule has 3 rings (SSSR count). The Morgan fingerprint density at radius 3 is 2.45 bits per heavy atom. The van der Waals surface area contributed by atoms with Crippen LogP contribution in [0.25, 0.3) is 5.65 Å². The van der Waals surface area contributed by atoms with Gasteiger partial charge in [0.15, 0.2) is 0 Å². The largest absolute Gasteiger partial charge is 0.353 e. The van der Waals surface area contributed by atoms with E-state index in [0.29, 0.717) is 5.65 Å². The van der Waals surface area contributed by atoms with Crippen LogP contribution in [0.1, 0.15) is 51.0 Å². The maximum absolute atomic E-state index is 12.5. The zero-order chi connectivity index (χ0) is 13.9. The van der Waals surface area contributed by atoms with Crippen molar-refractivity contribution >= 4 is 5.65 Å². The number of nitrogens with zero attached hydrogens (tertiary/aromatic N) is 3. The SMILES string of the molecule is O=c1nc2ccccn2c(=O)n1C1CCCCCCC1. The van der Waals surface area contributed by atoms with Crippen molar-refractivity contribution in [1.82, 2.24) is 14.0 Å². The van der Waals surface area contributed by atoms with Gasteiger partial charge in [-0.1, -0.05) is 38.2 Å². The third-order valence-electron chi connectivity index (χ3n) is 4.11. The summed E-state index contributed by atoms with van der Waals surface area (Å²) in [7, 11) is 0. The van der Waals surface area contributed by atoms with Gasteiger partial charge in [-0.25, -0.2) is 14.2 Å². The third kappa shape index (κ3) is 2.40. The zero-order valence-electron chi connectivity index (χ0n) is 11.5. The van der Waals surface area contributed by atoms with Crippen molar-refractivity contribution in [3.8, 4) is 0 Å². The minimum atomic E-state index is -0.410. The summed E-state index contributed by atoms with van der Waals surface area (Å²) in [5.74, 6) is 0. The lowest BCUT2D eigenvalue weighted by Gasteiger charge is -2.21. The molecule has 1 fully saturated rings. The minimum absolute atomic E-state index is 0.0000869. The van der Waals surface area contributed by atoms with Crippen LogP contribution < -0.4 is 11.4 Å². The van der Waals surface area contributed by atoms with Crippen molar-refractivity contribution < 1.29 is 0 Å². The predicted molar refractivity (Wildman–Crippen MR) is 77.1 cm³/mol. The highest BCUT2D eigenvalue weighted by molar-refractivity contribution is 5.35. The van der Waals surface area contributed by atoms with Crippen LogP contribution in [0.15, 0.2) is 34.0 Å². The molecule has 2 aromatic rings. The van der Waals surface area contributed by atoms with Gasteiger partial charge in [-0.2, -0.15) is 4.98 Å². The highest BCUT2D eigenvalue weighted by atomic mass is 16.2. The summed E-state index contributed by atoms with van der Waals surface area (Å²) in [4.78, 5) is 28.8. The van der Waals surface area contributed by atoms with Crippen LogP contribution in [0.4, 0.5) is 0 Å². The average Bonchev–Trinajstić information content (AvgIpc) is 2.40. The van der Waals surface area contributed by atoms with Gasteiger partial charge in [-0.05, 0) is 25.0 Å². The number of aromatic nitrogens is 3. The van der Waals surface area contributed by atoms with E-state index in [0.717, 1.165) is 25.7 Å². The first-order chi connectivity index (χ1) is 9.77. The molecule has 1 saturated carbocycles. The number of fused-ring (bicyclic) bond motifs is 1. The molecule has 5 heteroatoms. The number of pyridine rings is 1. The Morgan fingerprint density at radius 2 is 1.70 bits per heavy atom. The topological polar surface area (TPSA) is 56.4 Å². The first-order valence-electron chi connectivity index (χ1n) is 7.37. The van der Waals surface area contributed by atoms with Crippen molar-refractivity contribution in [2.45, 2.75) is 51.0 Å². The highest BCUT2D eigenvalue weighted by Crippen LogP contribution is 2.24. The molecule has 106 valence electrons. The van der Waals surface area contributed by atoms with Gasteiger partial charge in [0.2, 0.25) is 0 Å². The van der Waals surface area contributed by atoms with Crippen LogP contribution in [0.2, 0.25) is 0 Å². The Balaban J connectivity index is 2.10. The van der Waals surface area contributed by atoms with E-state index in [9.17, 15) is 9.59 Å². The standard InChI is InChI=1S/C15H19N3O2/c19-14-16-13-10-6-7-11-17(13)15(20)18(14)12-8-4-2-1-3-5-9-12/h6-7,10-12H,1-5,8-9H2. The normalized spacial score (nSPS) is 17.8. The molecule has 0 N–H and O–H groups in total. The van der Waals surface area contributed by atoms with Gasteiger partial charge in [-0.3, -0.25) is 4.40 Å². The van der Waals surface area contributed by atoms with Crippen molar-refractivity contribution in [3.05, 3.63) is 45.4 Å². The van der Waals surface area contributed by atoms with E-state index in [1.54, 1.807) is 24.4 Å². The number of hydrogen-bond donors (Lipinski definition) is 0. The van der Waals surface area contributed by atoms with Crippen molar-refractivity contribution in [2.75, 3.05) is 0 Å². The molecule has 0 atom stereocenters.